The molecule has 1 aromatic carbocycles. The zero-order valence-electron chi connectivity index (χ0n) is 12.4. The van der Waals surface area contributed by atoms with Gasteiger partial charge in [-0.25, -0.2) is 0 Å². The number of carboxylic acids is 1. The number of nitrogens with zero attached hydrogens (tertiary/aromatic N) is 1. The number of nitrogens with one attached hydrogen (secondary N) is 1. The Hall–Kier alpha value is -1.55. The fourth-order valence-corrected chi connectivity index (χ4v) is 2.24. The molecule has 0 aliphatic carbocycles. The molecule has 0 saturated heterocycles. The Balaban J connectivity index is 2.88. The Bertz CT molecular complexity index is 446. The molecule has 19 heavy (non-hydrogen) atoms. The van der Waals surface area contributed by atoms with E-state index >= 15 is 0 Å². The molecule has 0 aliphatic heterocycles. The number of carbonyl (C=O) groups is 1. The Morgan fingerprint density at radius 3 is 2.58 bits per heavy atom. The molecule has 1 aromatic rings. The van der Waals surface area contributed by atoms with Crippen LogP contribution in [-0.2, 0) is 4.79 Å². The predicted molar refractivity (Wildman–Crippen MR) is 78.8 cm³/mol. The van der Waals surface area contributed by atoms with Gasteiger partial charge in [-0.1, -0.05) is 12.1 Å². The summed E-state index contributed by atoms with van der Waals surface area (Å²) in [6.45, 7) is 8.06. The smallest absolute Gasteiger partial charge is 0.325 e. The van der Waals surface area contributed by atoms with Crippen molar-refractivity contribution in [1.29, 1.82) is 0 Å². The molecule has 1 unspecified atom stereocenters. The monoisotopic (exact) mass is 264 g/mol. The first-order chi connectivity index (χ1) is 8.74. The minimum atomic E-state index is -0.966. The second-order valence-corrected chi connectivity index (χ2v) is 5.63. The summed E-state index contributed by atoms with van der Waals surface area (Å²) >= 11 is 0. The first kappa shape index (κ1) is 15.5. The molecule has 2 N–H and O–H groups in total. The first-order valence-corrected chi connectivity index (χ1v) is 6.53. The molecule has 0 fully saturated rings. The molecule has 0 saturated carbocycles. The molecule has 0 bridgehead atoms. The molecule has 0 spiro atoms. The van der Waals surface area contributed by atoms with Gasteiger partial charge in [0.15, 0.2) is 0 Å². The van der Waals surface area contributed by atoms with Crippen LogP contribution < -0.4 is 10.2 Å². The lowest BCUT2D eigenvalue weighted by Gasteiger charge is -2.33. The maximum absolute atomic E-state index is 11.5. The Morgan fingerprint density at radius 1 is 1.47 bits per heavy atom. The van der Waals surface area contributed by atoms with Crippen LogP contribution in [0.3, 0.4) is 0 Å². The van der Waals surface area contributed by atoms with E-state index in [9.17, 15) is 9.90 Å². The summed E-state index contributed by atoms with van der Waals surface area (Å²) in [6.07, 6.45) is 0. The third kappa shape index (κ3) is 4.24. The van der Waals surface area contributed by atoms with Crippen LogP contribution in [0.4, 0.5) is 5.69 Å². The number of rotatable bonds is 6. The topological polar surface area (TPSA) is 52.6 Å². The van der Waals surface area contributed by atoms with E-state index in [0.717, 1.165) is 11.3 Å². The summed E-state index contributed by atoms with van der Waals surface area (Å²) < 4.78 is 0. The molecule has 1 rings (SSSR count). The van der Waals surface area contributed by atoms with Crippen molar-refractivity contribution >= 4 is 11.7 Å². The zero-order chi connectivity index (χ0) is 14.6. The van der Waals surface area contributed by atoms with Gasteiger partial charge >= 0.3 is 5.97 Å². The van der Waals surface area contributed by atoms with E-state index in [0.29, 0.717) is 6.54 Å². The fraction of sp³-hybridized carbons (Fsp3) is 0.533. The zero-order valence-corrected chi connectivity index (χ0v) is 12.4. The Morgan fingerprint density at radius 2 is 2.11 bits per heavy atom. The van der Waals surface area contributed by atoms with Crippen LogP contribution in [0, 0.1) is 6.92 Å². The maximum atomic E-state index is 11.5. The number of benzene rings is 1. The highest BCUT2D eigenvalue weighted by molar-refractivity contribution is 5.79. The molecular weight excluding hydrogens is 240 g/mol. The van der Waals surface area contributed by atoms with Gasteiger partial charge in [-0.05, 0) is 45.4 Å². The van der Waals surface area contributed by atoms with Gasteiger partial charge in [0.1, 0.15) is 5.54 Å². The quantitative estimate of drug-likeness (QED) is 0.827. The molecule has 4 heteroatoms. The lowest BCUT2D eigenvalue weighted by molar-refractivity contribution is -0.144. The number of anilines is 1. The van der Waals surface area contributed by atoms with E-state index in [4.69, 9.17) is 0 Å². The molecule has 106 valence electrons. The lowest BCUT2D eigenvalue weighted by Crippen LogP contribution is -2.58. The van der Waals surface area contributed by atoms with E-state index in [-0.39, 0.29) is 6.04 Å². The van der Waals surface area contributed by atoms with Crippen LogP contribution >= 0.6 is 0 Å². The van der Waals surface area contributed by atoms with Gasteiger partial charge in [-0.2, -0.15) is 0 Å². The van der Waals surface area contributed by atoms with E-state index < -0.39 is 11.5 Å². The number of hydrogen-bond acceptors (Lipinski definition) is 3. The van der Waals surface area contributed by atoms with Crippen LogP contribution in [0.25, 0.3) is 0 Å². The summed E-state index contributed by atoms with van der Waals surface area (Å²) in [4.78, 5) is 13.5. The van der Waals surface area contributed by atoms with Crippen molar-refractivity contribution in [2.24, 2.45) is 0 Å². The maximum Gasteiger partial charge on any atom is 0.325 e. The van der Waals surface area contributed by atoms with E-state index in [1.54, 1.807) is 6.92 Å². The average Bonchev–Trinajstić information content (AvgIpc) is 2.27. The number of aliphatic carboxylic acids is 1. The van der Waals surface area contributed by atoms with Gasteiger partial charge < -0.3 is 10.0 Å². The van der Waals surface area contributed by atoms with Gasteiger partial charge in [-0.3, -0.25) is 10.1 Å². The van der Waals surface area contributed by atoms with Crippen molar-refractivity contribution < 1.29 is 9.90 Å². The van der Waals surface area contributed by atoms with E-state index in [2.05, 4.69) is 11.4 Å². The molecule has 0 aromatic heterocycles. The number of hydrogen-bond donors (Lipinski definition) is 2. The summed E-state index contributed by atoms with van der Waals surface area (Å²) in [7, 11) is 1.91. The van der Waals surface area contributed by atoms with Crippen molar-refractivity contribution in [2.75, 3.05) is 18.5 Å². The highest BCUT2D eigenvalue weighted by atomic mass is 16.4. The molecule has 0 heterocycles. The normalized spacial score (nSPS) is 14.2. The second kappa shape index (κ2) is 6.06. The third-order valence-corrected chi connectivity index (χ3v) is 3.08. The van der Waals surface area contributed by atoms with Crippen LogP contribution in [0.15, 0.2) is 24.3 Å². The third-order valence-electron chi connectivity index (χ3n) is 3.08. The molecule has 4 nitrogen and oxygen atoms in total. The largest absolute Gasteiger partial charge is 0.480 e. The number of likely N-dealkylation sites (N-methyl/N-ethyl adjacent to an activating group) is 1. The highest BCUT2D eigenvalue weighted by Gasteiger charge is 2.34. The van der Waals surface area contributed by atoms with Crippen molar-refractivity contribution in [2.45, 2.75) is 39.3 Å². The van der Waals surface area contributed by atoms with Crippen LogP contribution in [0.5, 0.6) is 0 Å². The number of aryl methyl sites for hydroxylation is 1. The molecule has 1 atom stereocenters. The first-order valence-electron chi connectivity index (χ1n) is 6.53. The predicted octanol–water partition coefficient (Wildman–Crippen LogP) is 2.27. The molecule has 0 amide bonds. The van der Waals surface area contributed by atoms with Crippen LogP contribution in [0.2, 0.25) is 0 Å². The van der Waals surface area contributed by atoms with E-state index in [1.165, 1.54) is 0 Å². The lowest BCUT2D eigenvalue weighted by atomic mass is 10.0. The summed E-state index contributed by atoms with van der Waals surface area (Å²) in [5.41, 5.74) is 1.23. The number of carboxylic acid groups (broad SMARTS) is 1. The van der Waals surface area contributed by atoms with Gasteiger partial charge in [0.2, 0.25) is 0 Å². The SMILES string of the molecule is Cc1cccc(N(C)CC(C)(NC(C)C)C(=O)O)c1. The van der Waals surface area contributed by atoms with Crippen molar-refractivity contribution in [1.82, 2.24) is 5.32 Å². The molecular formula is C15H24N2O2. The summed E-state index contributed by atoms with van der Waals surface area (Å²) in [6, 6.07) is 8.17. The van der Waals surface area contributed by atoms with Crippen LogP contribution in [-0.4, -0.2) is 36.2 Å². The van der Waals surface area contributed by atoms with Crippen molar-refractivity contribution in [3.05, 3.63) is 29.8 Å². The standard InChI is InChI=1S/C15H24N2O2/c1-11(2)16-15(4,14(18)19)10-17(5)13-8-6-7-12(3)9-13/h6-9,11,16H,10H2,1-5H3,(H,18,19). The fourth-order valence-electron chi connectivity index (χ4n) is 2.24. The van der Waals surface area contributed by atoms with Gasteiger partial charge in [0.25, 0.3) is 0 Å². The van der Waals surface area contributed by atoms with E-state index in [1.807, 2.05) is 50.9 Å². The molecule has 0 radical (unpaired) electrons. The van der Waals surface area contributed by atoms with Crippen LogP contribution in [0.1, 0.15) is 26.3 Å². The van der Waals surface area contributed by atoms with Gasteiger partial charge in [0, 0.05) is 25.3 Å². The van der Waals surface area contributed by atoms with Crippen molar-refractivity contribution in [3.8, 4) is 0 Å². The van der Waals surface area contributed by atoms with Gasteiger partial charge in [-0.15, -0.1) is 0 Å². The Kier molecular flexibility index (Phi) is 4.95. The highest BCUT2D eigenvalue weighted by Crippen LogP contribution is 2.17. The minimum Gasteiger partial charge on any atom is -0.480 e. The Labute approximate surface area is 115 Å². The minimum absolute atomic E-state index is 0.118. The average molecular weight is 264 g/mol. The molecule has 0 aliphatic rings. The second-order valence-electron chi connectivity index (χ2n) is 5.63. The summed E-state index contributed by atoms with van der Waals surface area (Å²) in [5, 5.41) is 12.6. The van der Waals surface area contributed by atoms with Crippen molar-refractivity contribution in [3.63, 3.8) is 0 Å². The van der Waals surface area contributed by atoms with Gasteiger partial charge in [0.05, 0.1) is 0 Å². The summed E-state index contributed by atoms with van der Waals surface area (Å²) in [5.74, 6) is -0.833.